The number of aromatic amines is 1. The maximum absolute atomic E-state index is 11.0. The van der Waals surface area contributed by atoms with Crippen molar-refractivity contribution in [1.29, 1.82) is 0 Å². The van der Waals surface area contributed by atoms with Gasteiger partial charge in [0, 0.05) is 6.92 Å². The first-order chi connectivity index (χ1) is 7.04. The molecule has 0 aliphatic heterocycles. The molecule has 0 unspecified atom stereocenters. The molecule has 3 N–H and O–H groups in total. The van der Waals surface area contributed by atoms with Crippen molar-refractivity contribution in [3.8, 4) is 0 Å². The molecule has 0 spiro atoms. The maximum atomic E-state index is 11.0. The molecule has 15 heavy (non-hydrogen) atoms. The number of nitrogens with one attached hydrogen (secondary N) is 1. The van der Waals surface area contributed by atoms with Crippen molar-refractivity contribution < 1.29 is 9.53 Å². The number of primary amides is 1. The molecule has 1 aromatic heterocycles. The van der Waals surface area contributed by atoms with Crippen molar-refractivity contribution in [3.05, 3.63) is 11.5 Å². The Morgan fingerprint density at radius 1 is 1.67 bits per heavy atom. The number of aromatic nitrogens is 2. The summed E-state index contributed by atoms with van der Waals surface area (Å²) in [5, 5.41) is 0. The number of carbonyl (C=O) groups excluding carboxylic acids is 1. The van der Waals surface area contributed by atoms with Crippen LogP contribution in [-0.2, 0) is 4.74 Å². The Kier molecular flexibility index (Phi) is 3.43. The third-order valence-corrected chi connectivity index (χ3v) is 1.67. The van der Waals surface area contributed by atoms with Gasteiger partial charge in [0.15, 0.2) is 17.4 Å². The molecular weight excluding hydrogens is 196 g/mol. The second-order valence-corrected chi connectivity index (χ2v) is 2.95. The van der Waals surface area contributed by atoms with Crippen molar-refractivity contribution in [2.45, 2.75) is 20.8 Å². The van der Waals surface area contributed by atoms with Crippen molar-refractivity contribution in [1.82, 2.24) is 9.97 Å². The number of nitrogens with zero attached hydrogens (tertiary/aromatic N) is 2. The smallest absolute Gasteiger partial charge is 0.269 e. The van der Waals surface area contributed by atoms with Crippen LogP contribution in [0.5, 0.6) is 0 Å². The molecule has 0 bridgehead atoms. The summed E-state index contributed by atoms with van der Waals surface area (Å²) in [5.41, 5.74) is 5.36. The molecule has 1 rings (SSSR count). The lowest BCUT2D eigenvalue weighted by Crippen LogP contribution is -2.12. The zero-order valence-corrected chi connectivity index (χ0v) is 9.00. The van der Waals surface area contributed by atoms with Gasteiger partial charge in [0.1, 0.15) is 5.82 Å². The predicted molar refractivity (Wildman–Crippen MR) is 56.2 cm³/mol. The van der Waals surface area contributed by atoms with Crippen LogP contribution in [0.15, 0.2) is 4.99 Å². The second kappa shape index (κ2) is 4.59. The highest BCUT2D eigenvalue weighted by atomic mass is 16.5. The predicted octanol–water partition coefficient (Wildman–Crippen LogP) is 0.903. The summed E-state index contributed by atoms with van der Waals surface area (Å²) in [4.78, 5) is 21.8. The van der Waals surface area contributed by atoms with E-state index in [1.54, 1.807) is 13.8 Å². The standard InChI is InChI=1S/C9H14N4O2/c1-4-15-6(3)13-9-7(8(10)14)11-5(2)12-9/h4H2,1-3H3,(H2,10,14)(H,11,12)/b13-6-. The van der Waals surface area contributed by atoms with Crippen molar-refractivity contribution in [2.24, 2.45) is 10.7 Å². The summed E-state index contributed by atoms with van der Waals surface area (Å²) in [5.74, 6) is 0.725. The van der Waals surface area contributed by atoms with E-state index in [2.05, 4.69) is 15.0 Å². The van der Waals surface area contributed by atoms with E-state index < -0.39 is 5.91 Å². The summed E-state index contributed by atoms with van der Waals surface area (Å²) in [6.07, 6.45) is 0. The van der Waals surface area contributed by atoms with E-state index in [9.17, 15) is 4.79 Å². The van der Waals surface area contributed by atoms with Gasteiger partial charge in [-0.25, -0.2) is 4.98 Å². The van der Waals surface area contributed by atoms with Gasteiger partial charge >= 0.3 is 0 Å². The first-order valence-corrected chi connectivity index (χ1v) is 4.59. The van der Waals surface area contributed by atoms with E-state index in [0.717, 1.165) is 0 Å². The number of aryl methyl sites for hydroxylation is 1. The third kappa shape index (κ3) is 2.80. The van der Waals surface area contributed by atoms with Crippen LogP contribution in [-0.4, -0.2) is 28.4 Å². The lowest BCUT2D eigenvalue weighted by molar-refractivity contribution is 0.0996. The van der Waals surface area contributed by atoms with Crippen LogP contribution in [0.4, 0.5) is 5.82 Å². The highest BCUT2D eigenvalue weighted by molar-refractivity contribution is 5.96. The van der Waals surface area contributed by atoms with E-state index in [4.69, 9.17) is 10.5 Å². The molecule has 82 valence electrons. The summed E-state index contributed by atoms with van der Waals surface area (Å²) >= 11 is 0. The number of aliphatic imine (C=N–C) groups is 1. The third-order valence-electron chi connectivity index (χ3n) is 1.67. The molecule has 0 fully saturated rings. The van der Waals surface area contributed by atoms with Gasteiger partial charge in [-0.15, -0.1) is 0 Å². The monoisotopic (exact) mass is 210 g/mol. The molecule has 0 atom stereocenters. The van der Waals surface area contributed by atoms with Crippen LogP contribution in [0.3, 0.4) is 0 Å². The number of hydrogen-bond acceptors (Lipinski definition) is 4. The van der Waals surface area contributed by atoms with Gasteiger partial charge in [-0.2, -0.15) is 4.99 Å². The second-order valence-electron chi connectivity index (χ2n) is 2.95. The van der Waals surface area contributed by atoms with Crippen LogP contribution >= 0.6 is 0 Å². The Labute approximate surface area is 87.6 Å². The Bertz CT molecular complexity index is 395. The molecule has 6 heteroatoms. The first kappa shape index (κ1) is 11.2. The Hall–Kier alpha value is -1.85. The minimum atomic E-state index is -0.585. The topological polar surface area (TPSA) is 93.4 Å². The van der Waals surface area contributed by atoms with Crippen LogP contribution in [0, 0.1) is 6.92 Å². The number of amides is 1. The quantitative estimate of drug-likeness (QED) is 0.573. The zero-order chi connectivity index (χ0) is 11.4. The summed E-state index contributed by atoms with van der Waals surface area (Å²) in [6, 6.07) is 0. The summed E-state index contributed by atoms with van der Waals surface area (Å²) in [7, 11) is 0. The Morgan fingerprint density at radius 2 is 2.33 bits per heavy atom. The number of hydrogen-bond donors (Lipinski definition) is 2. The van der Waals surface area contributed by atoms with Crippen molar-refractivity contribution in [3.63, 3.8) is 0 Å². The molecule has 0 saturated heterocycles. The van der Waals surface area contributed by atoms with Gasteiger partial charge in [0.05, 0.1) is 6.61 Å². The maximum Gasteiger partial charge on any atom is 0.269 e. The Morgan fingerprint density at radius 3 is 2.87 bits per heavy atom. The highest BCUT2D eigenvalue weighted by Gasteiger charge is 2.12. The minimum absolute atomic E-state index is 0.201. The van der Waals surface area contributed by atoms with Gasteiger partial charge in [0.25, 0.3) is 5.91 Å². The fraction of sp³-hybridized carbons (Fsp3) is 0.444. The fourth-order valence-electron chi connectivity index (χ4n) is 1.12. The number of H-pyrrole nitrogens is 1. The van der Waals surface area contributed by atoms with E-state index in [1.165, 1.54) is 0 Å². The molecule has 1 aromatic rings. The first-order valence-electron chi connectivity index (χ1n) is 4.59. The molecule has 0 aliphatic rings. The van der Waals surface area contributed by atoms with E-state index in [1.807, 2.05) is 6.92 Å². The molecule has 0 aromatic carbocycles. The van der Waals surface area contributed by atoms with Gasteiger partial charge in [-0.05, 0) is 13.8 Å². The van der Waals surface area contributed by atoms with Gasteiger partial charge in [-0.3, -0.25) is 4.79 Å². The number of nitrogens with two attached hydrogens (primary N) is 1. The van der Waals surface area contributed by atoms with Crippen molar-refractivity contribution in [2.75, 3.05) is 6.61 Å². The van der Waals surface area contributed by atoms with Crippen LogP contribution in [0.2, 0.25) is 0 Å². The van der Waals surface area contributed by atoms with E-state index in [0.29, 0.717) is 18.3 Å². The SMILES string of the molecule is CCO/C(C)=N\c1nc(C)[nH]c1C(N)=O. The molecular formula is C9H14N4O2. The average Bonchev–Trinajstić information content (AvgIpc) is 2.47. The normalized spacial score (nSPS) is 11.5. The lowest BCUT2D eigenvalue weighted by atomic mass is 10.4. The minimum Gasteiger partial charge on any atom is -0.481 e. The van der Waals surface area contributed by atoms with Gasteiger partial charge in [-0.1, -0.05) is 0 Å². The van der Waals surface area contributed by atoms with E-state index >= 15 is 0 Å². The number of imidazole rings is 1. The van der Waals surface area contributed by atoms with Crippen molar-refractivity contribution >= 4 is 17.6 Å². The van der Waals surface area contributed by atoms with Gasteiger partial charge in [0.2, 0.25) is 0 Å². The fourth-order valence-corrected chi connectivity index (χ4v) is 1.12. The molecule has 0 saturated carbocycles. The van der Waals surface area contributed by atoms with Crippen LogP contribution < -0.4 is 5.73 Å². The molecule has 0 aliphatic carbocycles. The zero-order valence-electron chi connectivity index (χ0n) is 9.00. The summed E-state index contributed by atoms with van der Waals surface area (Å²) < 4.78 is 5.13. The highest BCUT2D eigenvalue weighted by Crippen LogP contribution is 2.15. The molecule has 1 amide bonds. The van der Waals surface area contributed by atoms with Gasteiger partial charge < -0.3 is 15.5 Å². The summed E-state index contributed by atoms with van der Waals surface area (Å²) in [6.45, 7) is 5.79. The number of carbonyl (C=O) groups is 1. The molecule has 6 nitrogen and oxygen atoms in total. The Balaban J connectivity index is 3.03. The largest absolute Gasteiger partial charge is 0.481 e. The number of rotatable bonds is 3. The van der Waals surface area contributed by atoms with Crippen LogP contribution in [0.1, 0.15) is 30.2 Å². The number of ether oxygens (including phenoxy) is 1. The molecule has 0 radical (unpaired) electrons. The van der Waals surface area contributed by atoms with Crippen LogP contribution in [0.25, 0.3) is 0 Å². The average molecular weight is 210 g/mol. The van der Waals surface area contributed by atoms with E-state index in [-0.39, 0.29) is 11.5 Å². The lowest BCUT2D eigenvalue weighted by Gasteiger charge is -1.99. The molecule has 1 heterocycles.